The SMILES string of the molecule is Cc1c(O)cccc1C(=O)N[C@@H](Cc1ccccc1)[C@H](O)C(=O)N1CSC(C)(C)C1C(=O)NCC#N. The van der Waals surface area contributed by atoms with E-state index in [9.17, 15) is 24.6 Å². The lowest BCUT2D eigenvalue weighted by molar-refractivity contribution is -0.147. The van der Waals surface area contributed by atoms with Crippen LogP contribution in [0.15, 0.2) is 48.5 Å². The third kappa shape index (κ3) is 5.98. The summed E-state index contributed by atoms with van der Waals surface area (Å²) in [6.07, 6.45) is -1.49. The number of carbonyl (C=O) groups is 3. The van der Waals surface area contributed by atoms with Crippen LogP contribution in [-0.2, 0) is 16.0 Å². The van der Waals surface area contributed by atoms with Crippen LogP contribution in [0, 0.1) is 18.3 Å². The lowest BCUT2D eigenvalue weighted by Gasteiger charge is -2.33. The van der Waals surface area contributed by atoms with Crippen molar-refractivity contribution in [3.63, 3.8) is 0 Å². The zero-order valence-corrected chi connectivity index (χ0v) is 21.2. The lowest BCUT2D eigenvalue weighted by atomic mass is 9.96. The van der Waals surface area contributed by atoms with E-state index in [1.807, 2.05) is 50.2 Å². The van der Waals surface area contributed by atoms with Gasteiger partial charge in [-0.15, -0.1) is 11.8 Å². The molecule has 0 radical (unpaired) electrons. The first-order valence-corrected chi connectivity index (χ1v) is 12.5. The molecule has 0 aliphatic carbocycles. The number of amides is 3. The third-order valence-corrected chi connectivity index (χ3v) is 7.59. The van der Waals surface area contributed by atoms with Crippen LogP contribution in [0.3, 0.4) is 0 Å². The first-order chi connectivity index (χ1) is 17.1. The van der Waals surface area contributed by atoms with Gasteiger partial charge in [0, 0.05) is 15.9 Å². The Balaban J connectivity index is 1.88. The summed E-state index contributed by atoms with van der Waals surface area (Å²) in [6, 6.07) is 13.6. The molecule has 4 N–H and O–H groups in total. The predicted octanol–water partition coefficient (Wildman–Crippen LogP) is 1.72. The molecule has 3 rings (SSSR count). The van der Waals surface area contributed by atoms with E-state index >= 15 is 0 Å². The highest BCUT2D eigenvalue weighted by Crippen LogP contribution is 2.39. The van der Waals surface area contributed by atoms with Gasteiger partial charge < -0.3 is 25.7 Å². The summed E-state index contributed by atoms with van der Waals surface area (Å²) in [4.78, 5) is 40.7. The molecular formula is C26H30N4O5S. The van der Waals surface area contributed by atoms with Crippen LogP contribution in [-0.4, -0.2) is 68.2 Å². The van der Waals surface area contributed by atoms with Crippen molar-refractivity contribution in [2.24, 2.45) is 0 Å². The average molecular weight is 511 g/mol. The standard InChI is InChI=1S/C26H30N4O5S/c1-16-18(10-7-11-20(16)31)23(33)29-19(14-17-8-5-4-6-9-17)21(32)25(35)30-15-36-26(2,3)22(30)24(34)28-13-12-27/h4-11,19,21-22,31-32H,13-15H2,1-3H3,(H,28,34)(H,29,33)/t19-,21-,22?/m0/s1. The largest absolute Gasteiger partial charge is 0.508 e. The molecule has 1 aliphatic heterocycles. The summed E-state index contributed by atoms with van der Waals surface area (Å²) in [5.41, 5.74) is 1.39. The van der Waals surface area contributed by atoms with Gasteiger partial charge in [0.15, 0.2) is 6.10 Å². The lowest BCUT2D eigenvalue weighted by Crippen LogP contribution is -2.58. The number of benzene rings is 2. The highest BCUT2D eigenvalue weighted by Gasteiger charge is 2.49. The van der Waals surface area contributed by atoms with Crippen molar-refractivity contribution in [3.8, 4) is 11.8 Å². The summed E-state index contributed by atoms with van der Waals surface area (Å²) in [5, 5.41) is 35.3. The summed E-state index contributed by atoms with van der Waals surface area (Å²) in [7, 11) is 0. The number of aromatic hydroxyl groups is 1. The molecule has 1 unspecified atom stereocenters. The number of nitrogens with zero attached hydrogens (tertiary/aromatic N) is 2. The highest BCUT2D eigenvalue weighted by atomic mass is 32.2. The number of rotatable bonds is 8. The predicted molar refractivity (Wildman–Crippen MR) is 136 cm³/mol. The fourth-order valence-corrected chi connectivity index (χ4v) is 5.34. The van der Waals surface area contributed by atoms with E-state index in [0.29, 0.717) is 5.56 Å². The Labute approximate surface area is 214 Å². The number of nitrogens with one attached hydrogen (secondary N) is 2. The first kappa shape index (κ1) is 27.0. The van der Waals surface area contributed by atoms with E-state index in [-0.39, 0.29) is 30.2 Å². The number of phenols is 1. The number of aliphatic hydroxyl groups excluding tert-OH is 1. The Bertz CT molecular complexity index is 1160. The van der Waals surface area contributed by atoms with Gasteiger partial charge in [0.05, 0.1) is 18.0 Å². The number of nitriles is 1. The Kier molecular flexibility index (Phi) is 8.61. The minimum absolute atomic E-state index is 0.0403. The molecule has 0 spiro atoms. The summed E-state index contributed by atoms with van der Waals surface area (Å²) < 4.78 is -0.647. The summed E-state index contributed by atoms with van der Waals surface area (Å²) >= 11 is 1.39. The molecule has 0 aromatic heterocycles. The summed E-state index contributed by atoms with van der Waals surface area (Å²) in [5.74, 6) is -1.59. The Morgan fingerprint density at radius 2 is 1.89 bits per heavy atom. The average Bonchev–Trinajstić information content (AvgIpc) is 3.18. The number of aliphatic hydroxyl groups is 1. The van der Waals surface area contributed by atoms with E-state index in [2.05, 4.69) is 10.6 Å². The third-order valence-electron chi connectivity index (χ3n) is 6.22. The Morgan fingerprint density at radius 1 is 1.19 bits per heavy atom. The van der Waals surface area contributed by atoms with Crippen LogP contribution in [0.1, 0.15) is 35.3 Å². The Hall–Kier alpha value is -3.55. The van der Waals surface area contributed by atoms with Gasteiger partial charge in [-0.05, 0) is 44.9 Å². The minimum atomic E-state index is -1.65. The molecule has 1 aliphatic rings. The first-order valence-electron chi connectivity index (χ1n) is 11.5. The highest BCUT2D eigenvalue weighted by molar-refractivity contribution is 8.00. The van der Waals surface area contributed by atoms with Crippen molar-refractivity contribution in [1.29, 1.82) is 5.26 Å². The molecule has 2 aromatic carbocycles. The molecule has 3 atom stereocenters. The molecule has 1 heterocycles. The number of phenolic OH excluding ortho intramolecular Hbond substituents is 1. The van der Waals surface area contributed by atoms with Crippen LogP contribution in [0.5, 0.6) is 5.75 Å². The smallest absolute Gasteiger partial charge is 0.254 e. The van der Waals surface area contributed by atoms with E-state index in [4.69, 9.17) is 5.26 Å². The zero-order valence-electron chi connectivity index (χ0n) is 20.4. The molecular weight excluding hydrogens is 480 g/mol. The van der Waals surface area contributed by atoms with Crippen LogP contribution in [0.25, 0.3) is 0 Å². The molecule has 10 heteroatoms. The second kappa shape index (κ2) is 11.5. The Morgan fingerprint density at radius 3 is 2.56 bits per heavy atom. The normalized spacial score (nSPS) is 18.1. The quantitative estimate of drug-likeness (QED) is 0.396. The maximum Gasteiger partial charge on any atom is 0.254 e. The molecule has 3 amide bonds. The van der Waals surface area contributed by atoms with Crippen molar-refractivity contribution in [2.45, 2.75) is 50.1 Å². The van der Waals surface area contributed by atoms with E-state index in [0.717, 1.165) is 5.56 Å². The molecule has 190 valence electrons. The fourth-order valence-electron chi connectivity index (χ4n) is 4.20. The van der Waals surface area contributed by atoms with Crippen molar-refractivity contribution >= 4 is 29.5 Å². The molecule has 0 bridgehead atoms. The number of thioether (sulfide) groups is 1. The van der Waals surface area contributed by atoms with Gasteiger partial charge >= 0.3 is 0 Å². The van der Waals surface area contributed by atoms with Gasteiger partial charge in [0.2, 0.25) is 5.91 Å². The molecule has 2 aromatic rings. The van der Waals surface area contributed by atoms with E-state index in [1.165, 1.54) is 22.7 Å². The number of hydrogen-bond donors (Lipinski definition) is 4. The maximum absolute atomic E-state index is 13.5. The van der Waals surface area contributed by atoms with Crippen LogP contribution in [0.4, 0.5) is 0 Å². The second-order valence-electron chi connectivity index (χ2n) is 9.13. The zero-order chi connectivity index (χ0) is 26.5. The molecule has 1 fully saturated rings. The van der Waals surface area contributed by atoms with Crippen molar-refractivity contribution in [1.82, 2.24) is 15.5 Å². The van der Waals surface area contributed by atoms with Gasteiger partial charge in [0.1, 0.15) is 18.3 Å². The maximum atomic E-state index is 13.5. The topological polar surface area (TPSA) is 143 Å². The van der Waals surface area contributed by atoms with Crippen molar-refractivity contribution < 1.29 is 24.6 Å². The molecule has 1 saturated heterocycles. The van der Waals surface area contributed by atoms with E-state index in [1.54, 1.807) is 19.1 Å². The number of hydrogen-bond acceptors (Lipinski definition) is 7. The van der Waals surface area contributed by atoms with Crippen molar-refractivity contribution in [2.75, 3.05) is 12.4 Å². The monoisotopic (exact) mass is 510 g/mol. The van der Waals surface area contributed by atoms with Gasteiger partial charge in [-0.3, -0.25) is 14.4 Å². The second-order valence-corrected chi connectivity index (χ2v) is 10.7. The van der Waals surface area contributed by atoms with Crippen LogP contribution >= 0.6 is 11.8 Å². The molecule has 9 nitrogen and oxygen atoms in total. The van der Waals surface area contributed by atoms with Gasteiger partial charge in [-0.25, -0.2) is 0 Å². The van der Waals surface area contributed by atoms with Crippen LogP contribution in [0.2, 0.25) is 0 Å². The van der Waals surface area contributed by atoms with Gasteiger partial charge in [-0.2, -0.15) is 5.26 Å². The summed E-state index contributed by atoms with van der Waals surface area (Å²) in [6.45, 7) is 5.05. The number of carbonyl (C=O) groups excluding carboxylic acids is 3. The molecule has 36 heavy (non-hydrogen) atoms. The fraction of sp³-hybridized carbons (Fsp3) is 0.385. The van der Waals surface area contributed by atoms with Crippen LogP contribution < -0.4 is 10.6 Å². The van der Waals surface area contributed by atoms with Gasteiger partial charge in [-0.1, -0.05) is 36.4 Å². The minimum Gasteiger partial charge on any atom is -0.508 e. The molecule has 0 saturated carbocycles. The van der Waals surface area contributed by atoms with Crippen molar-refractivity contribution in [3.05, 3.63) is 65.2 Å². The van der Waals surface area contributed by atoms with E-state index < -0.39 is 40.7 Å². The van der Waals surface area contributed by atoms with Gasteiger partial charge in [0.25, 0.3) is 11.8 Å².